The number of alkyl halides is 3. The molecule has 1 aromatic rings. The fourth-order valence-corrected chi connectivity index (χ4v) is 3.76. The Balaban J connectivity index is 0.000000247. The number of carbonyl (C=O) groups is 3. The van der Waals surface area contributed by atoms with E-state index >= 15 is 0 Å². The molecule has 0 saturated carbocycles. The summed E-state index contributed by atoms with van der Waals surface area (Å²) in [6.07, 6.45) is -1.95. The number of halogens is 3. The van der Waals surface area contributed by atoms with Crippen LogP contribution in [-0.2, 0) is 15.7 Å². The number of likely N-dealkylation sites (tertiary alicyclic amines) is 1. The third-order valence-corrected chi connectivity index (χ3v) is 5.70. The summed E-state index contributed by atoms with van der Waals surface area (Å²) in [6.45, 7) is 10.3. The van der Waals surface area contributed by atoms with Gasteiger partial charge in [0.1, 0.15) is 0 Å². The van der Waals surface area contributed by atoms with Gasteiger partial charge < -0.3 is 25.6 Å². The first-order valence-electron chi connectivity index (χ1n) is 11.7. The third kappa shape index (κ3) is 10.1. The minimum Gasteiger partial charge on any atom is -0.450 e. The number of nitrogens with one attached hydrogen (secondary N) is 1. The molecule has 2 saturated heterocycles. The van der Waals surface area contributed by atoms with Gasteiger partial charge in [0.25, 0.3) is 5.91 Å². The van der Waals surface area contributed by atoms with Gasteiger partial charge in [-0.05, 0) is 51.1 Å². The first-order chi connectivity index (χ1) is 16.6. The first kappa shape index (κ1) is 28.4. The van der Waals surface area contributed by atoms with Crippen LogP contribution in [0, 0.1) is 0 Å². The lowest BCUT2D eigenvalue weighted by Crippen LogP contribution is -2.50. The Hall–Kier alpha value is -2.86. The number of rotatable bonds is 7. The highest BCUT2D eigenvalue weighted by Crippen LogP contribution is 2.29. The average molecular weight is 502 g/mol. The first-order valence-corrected chi connectivity index (χ1v) is 11.7. The predicted octanol–water partition coefficient (Wildman–Crippen LogP) is 1.78. The second-order valence-corrected chi connectivity index (χ2v) is 8.30. The lowest BCUT2D eigenvalue weighted by Gasteiger charge is -2.34. The van der Waals surface area contributed by atoms with E-state index in [9.17, 15) is 27.6 Å². The summed E-state index contributed by atoms with van der Waals surface area (Å²) in [6, 6.07) is 3.88. The molecule has 0 spiro atoms. The van der Waals surface area contributed by atoms with Crippen LogP contribution in [0.4, 0.5) is 18.0 Å². The van der Waals surface area contributed by atoms with Gasteiger partial charge in [-0.15, -0.1) is 0 Å². The average Bonchev–Trinajstić information content (AvgIpc) is 3.35. The van der Waals surface area contributed by atoms with E-state index in [0.29, 0.717) is 12.7 Å². The molecular formula is C23H34F3N5O4. The van der Waals surface area contributed by atoms with Gasteiger partial charge in [0.15, 0.2) is 0 Å². The maximum atomic E-state index is 12.3. The number of carbonyl (C=O) groups excluding carboxylic acids is 3. The predicted molar refractivity (Wildman–Crippen MR) is 124 cm³/mol. The summed E-state index contributed by atoms with van der Waals surface area (Å²) in [7, 11) is 0. The SMILES string of the molecule is CCOC(=O)N1CCN(CCN2CCCC2)CC1.NC(=O)CNC(=O)c1cccc(C(F)(F)F)c1. The van der Waals surface area contributed by atoms with Crippen molar-refractivity contribution >= 4 is 17.9 Å². The molecule has 9 nitrogen and oxygen atoms in total. The molecule has 3 N–H and O–H groups in total. The fourth-order valence-electron chi connectivity index (χ4n) is 3.76. The topological polar surface area (TPSA) is 108 Å². The number of hydrogen-bond donors (Lipinski definition) is 2. The maximum Gasteiger partial charge on any atom is 0.416 e. The molecule has 0 aromatic heterocycles. The minimum absolute atomic E-state index is 0.156. The van der Waals surface area contributed by atoms with Crippen molar-refractivity contribution in [2.24, 2.45) is 5.73 Å². The Labute approximate surface area is 203 Å². The zero-order valence-electron chi connectivity index (χ0n) is 20.0. The molecule has 35 heavy (non-hydrogen) atoms. The summed E-state index contributed by atoms with van der Waals surface area (Å²) in [5.74, 6) is -1.56. The monoisotopic (exact) mass is 501 g/mol. The second-order valence-electron chi connectivity index (χ2n) is 8.30. The summed E-state index contributed by atoms with van der Waals surface area (Å²) in [5, 5.41) is 2.10. The van der Waals surface area contributed by atoms with Crippen LogP contribution in [0.5, 0.6) is 0 Å². The van der Waals surface area contributed by atoms with Crippen molar-refractivity contribution < 1.29 is 32.3 Å². The van der Waals surface area contributed by atoms with Gasteiger partial charge in [-0.1, -0.05) is 6.07 Å². The van der Waals surface area contributed by atoms with E-state index in [-0.39, 0.29) is 11.7 Å². The summed E-state index contributed by atoms with van der Waals surface area (Å²) < 4.78 is 42.0. The van der Waals surface area contributed by atoms with Crippen molar-refractivity contribution in [3.8, 4) is 0 Å². The van der Waals surface area contributed by atoms with Crippen LogP contribution in [0.2, 0.25) is 0 Å². The van der Waals surface area contributed by atoms with Crippen LogP contribution in [-0.4, -0.2) is 98.1 Å². The van der Waals surface area contributed by atoms with Crippen molar-refractivity contribution in [2.45, 2.75) is 25.9 Å². The van der Waals surface area contributed by atoms with Crippen molar-refractivity contribution in [2.75, 3.05) is 65.5 Å². The molecule has 2 fully saturated rings. The van der Waals surface area contributed by atoms with Gasteiger partial charge in [-0.2, -0.15) is 13.2 Å². The molecule has 3 amide bonds. The van der Waals surface area contributed by atoms with Gasteiger partial charge in [0.2, 0.25) is 5.91 Å². The molecule has 2 aliphatic rings. The maximum absolute atomic E-state index is 12.3. The van der Waals surface area contributed by atoms with Crippen LogP contribution < -0.4 is 11.1 Å². The van der Waals surface area contributed by atoms with Crippen LogP contribution in [0.15, 0.2) is 24.3 Å². The van der Waals surface area contributed by atoms with E-state index in [0.717, 1.165) is 44.9 Å². The van der Waals surface area contributed by atoms with Gasteiger partial charge in [-0.25, -0.2) is 4.79 Å². The van der Waals surface area contributed by atoms with Gasteiger partial charge in [-0.3, -0.25) is 14.5 Å². The van der Waals surface area contributed by atoms with E-state index in [1.165, 1.54) is 38.5 Å². The van der Waals surface area contributed by atoms with Gasteiger partial charge >= 0.3 is 12.3 Å². The number of primary amides is 1. The lowest BCUT2D eigenvalue weighted by molar-refractivity contribution is -0.137. The molecule has 0 radical (unpaired) electrons. The third-order valence-electron chi connectivity index (χ3n) is 5.70. The summed E-state index contributed by atoms with van der Waals surface area (Å²) in [5.41, 5.74) is 3.68. The Morgan fingerprint density at radius 1 is 1.00 bits per heavy atom. The van der Waals surface area contributed by atoms with Crippen LogP contribution in [0.1, 0.15) is 35.7 Å². The van der Waals surface area contributed by atoms with Crippen LogP contribution in [0.3, 0.4) is 0 Å². The molecule has 0 unspecified atom stereocenters. The van der Waals surface area contributed by atoms with Crippen LogP contribution >= 0.6 is 0 Å². The molecule has 0 aliphatic carbocycles. The second kappa shape index (κ2) is 13.9. The highest BCUT2D eigenvalue weighted by molar-refractivity contribution is 5.96. The van der Waals surface area contributed by atoms with E-state index in [1.807, 2.05) is 11.8 Å². The quantitative estimate of drug-likeness (QED) is 0.590. The Kier molecular flexibility index (Phi) is 11.3. The van der Waals surface area contributed by atoms with E-state index in [1.54, 1.807) is 0 Å². The molecule has 2 aliphatic heterocycles. The number of hydrogen-bond acceptors (Lipinski definition) is 6. The Bertz CT molecular complexity index is 839. The van der Waals surface area contributed by atoms with Crippen molar-refractivity contribution in [3.63, 3.8) is 0 Å². The molecule has 0 bridgehead atoms. The van der Waals surface area contributed by atoms with Crippen molar-refractivity contribution in [1.82, 2.24) is 20.0 Å². The zero-order valence-corrected chi connectivity index (χ0v) is 20.0. The Morgan fingerprint density at radius 2 is 1.60 bits per heavy atom. The number of nitrogens with zero attached hydrogens (tertiary/aromatic N) is 3. The molecule has 196 valence electrons. The van der Waals surface area contributed by atoms with Crippen molar-refractivity contribution in [3.05, 3.63) is 35.4 Å². The number of ether oxygens (including phenoxy) is 1. The largest absolute Gasteiger partial charge is 0.450 e. The highest BCUT2D eigenvalue weighted by atomic mass is 19.4. The molecule has 12 heteroatoms. The highest BCUT2D eigenvalue weighted by Gasteiger charge is 2.30. The summed E-state index contributed by atoms with van der Waals surface area (Å²) in [4.78, 5) is 40.1. The molecular weight excluding hydrogens is 467 g/mol. The molecule has 0 atom stereocenters. The smallest absolute Gasteiger partial charge is 0.416 e. The zero-order chi connectivity index (χ0) is 25.8. The standard InChI is InChI=1S/C13H25N3O2.C10H9F3N2O2/c1-2-18-13(17)16-11-9-15(10-12-16)8-7-14-5-3-4-6-14;11-10(12,13)7-3-1-2-6(4-7)9(17)15-5-8(14)16/h2-12H2,1H3;1-4H,5H2,(H2,14,16)(H,15,17). The summed E-state index contributed by atoms with van der Waals surface area (Å²) >= 11 is 0. The van der Waals surface area contributed by atoms with Gasteiger partial charge in [0, 0.05) is 44.8 Å². The number of benzene rings is 1. The number of nitrogens with two attached hydrogens (primary N) is 1. The van der Waals surface area contributed by atoms with E-state index in [4.69, 9.17) is 10.5 Å². The fraction of sp³-hybridized carbons (Fsp3) is 0.609. The van der Waals surface area contributed by atoms with Crippen LogP contribution in [0.25, 0.3) is 0 Å². The van der Waals surface area contributed by atoms with E-state index < -0.39 is 30.1 Å². The van der Waals surface area contributed by atoms with Crippen molar-refractivity contribution in [1.29, 1.82) is 0 Å². The minimum atomic E-state index is -4.51. The number of piperazine rings is 1. The molecule has 2 heterocycles. The normalized spacial score (nSPS) is 16.9. The molecule has 3 rings (SSSR count). The lowest BCUT2D eigenvalue weighted by atomic mass is 10.1. The molecule has 1 aromatic carbocycles. The Morgan fingerprint density at radius 3 is 2.14 bits per heavy atom. The van der Waals surface area contributed by atoms with Gasteiger partial charge in [0.05, 0.1) is 18.7 Å². The number of amides is 3. The van der Waals surface area contributed by atoms with E-state index in [2.05, 4.69) is 15.1 Å².